The number of ether oxygens (including phenoxy) is 1. The van der Waals surface area contributed by atoms with Gasteiger partial charge in [-0.25, -0.2) is 4.98 Å². The molecule has 2 heterocycles. The molecule has 1 aromatic heterocycles. The lowest BCUT2D eigenvalue weighted by molar-refractivity contribution is 0.212. The molecule has 0 spiro atoms. The van der Waals surface area contributed by atoms with E-state index in [1.54, 1.807) is 12.1 Å². The van der Waals surface area contributed by atoms with Crippen LogP contribution in [0.5, 0.6) is 5.88 Å². The van der Waals surface area contributed by atoms with Crippen molar-refractivity contribution in [3.8, 4) is 11.9 Å². The second kappa shape index (κ2) is 5.47. The Kier molecular flexibility index (Phi) is 3.73. The fraction of sp³-hybridized carbons (Fsp3) is 0.500. The lowest BCUT2D eigenvalue weighted by Crippen LogP contribution is -2.33. The van der Waals surface area contributed by atoms with Crippen molar-refractivity contribution < 1.29 is 4.74 Å². The average molecular weight is 217 g/mol. The Hall–Kier alpha value is -1.60. The third-order valence-electron chi connectivity index (χ3n) is 2.73. The van der Waals surface area contributed by atoms with Crippen LogP contribution in [0.1, 0.15) is 18.4 Å². The minimum atomic E-state index is 0.562. The molecule has 0 saturated carbocycles. The number of nitrogens with zero attached hydrogens (tertiary/aromatic N) is 2. The summed E-state index contributed by atoms with van der Waals surface area (Å²) in [6.45, 7) is 2.84. The number of hydrogen-bond donors (Lipinski definition) is 1. The first-order chi connectivity index (χ1) is 7.88. The van der Waals surface area contributed by atoms with Crippen LogP contribution < -0.4 is 10.1 Å². The smallest absolute Gasteiger partial charge is 0.213 e. The zero-order chi connectivity index (χ0) is 11.2. The molecule has 4 heteroatoms. The first-order valence-corrected chi connectivity index (χ1v) is 5.58. The van der Waals surface area contributed by atoms with Gasteiger partial charge < -0.3 is 10.1 Å². The summed E-state index contributed by atoms with van der Waals surface area (Å²) >= 11 is 0. The van der Waals surface area contributed by atoms with Gasteiger partial charge in [0.05, 0.1) is 12.2 Å². The van der Waals surface area contributed by atoms with Gasteiger partial charge in [-0.2, -0.15) is 5.26 Å². The molecule has 0 radical (unpaired) electrons. The minimum absolute atomic E-state index is 0.562. The molecule has 1 N–H and O–H groups in total. The molecule has 1 unspecified atom stereocenters. The molecule has 84 valence electrons. The Bertz CT molecular complexity index is 363. The molecule has 1 atom stereocenters. The number of hydrogen-bond acceptors (Lipinski definition) is 4. The molecule has 1 aromatic rings. The van der Waals surface area contributed by atoms with Crippen molar-refractivity contribution in [1.82, 2.24) is 10.3 Å². The van der Waals surface area contributed by atoms with Crippen LogP contribution in [0.4, 0.5) is 0 Å². The topological polar surface area (TPSA) is 57.9 Å². The zero-order valence-electron chi connectivity index (χ0n) is 9.15. The molecule has 1 aliphatic rings. The van der Waals surface area contributed by atoms with E-state index in [-0.39, 0.29) is 0 Å². The summed E-state index contributed by atoms with van der Waals surface area (Å²) in [7, 11) is 0. The molecule has 4 nitrogen and oxygen atoms in total. The number of nitrogens with one attached hydrogen (secondary N) is 1. The quantitative estimate of drug-likeness (QED) is 0.829. The molecular weight excluding hydrogens is 202 g/mol. The van der Waals surface area contributed by atoms with Gasteiger partial charge in [0.25, 0.3) is 0 Å². The highest BCUT2D eigenvalue weighted by atomic mass is 16.5. The Morgan fingerprint density at radius 2 is 2.50 bits per heavy atom. The van der Waals surface area contributed by atoms with Crippen LogP contribution in [-0.4, -0.2) is 24.7 Å². The van der Waals surface area contributed by atoms with Crippen LogP contribution in [-0.2, 0) is 0 Å². The van der Waals surface area contributed by atoms with Crippen molar-refractivity contribution in [1.29, 1.82) is 5.26 Å². The minimum Gasteiger partial charge on any atom is -0.477 e. The monoisotopic (exact) mass is 217 g/mol. The molecule has 0 aliphatic carbocycles. The highest BCUT2D eigenvalue weighted by molar-refractivity contribution is 5.28. The van der Waals surface area contributed by atoms with E-state index >= 15 is 0 Å². The number of pyridine rings is 1. The first-order valence-electron chi connectivity index (χ1n) is 5.58. The summed E-state index contributed by atoms with van der Waals surface area (Å²) < 4.78 is 5.58. The van der Waals surface area contributed by atoms with E-state index in [1.165, 1.54) is 19.0 Å². The maximum atomic E-state index is 8.62. The fourth-order valence-electron chi connectivity index (χ4n) is 1.80. The maximum Gasteiger partial charge on any atom is 0.213 e. The maximum absolute atomic E-state index is 8.62. The normalized spacial score (nSPS) is 20.1. The van der Waals surface area contributed by atoms with Crippen LogP contribution in [0.15, 0.2) is 18.3 Å². The van der Waals surface area contributed by atoms with Crippen molar-refractivity contribution >= 4 is 0 Å². The van der Waals surface area contributed by atoms with E-state index in [0.717, 1.165) is 13.1 Å². The van der Waals surface area contributed by atoms with Crippen LogP contribution in [0.25, 0.3) is 0 Å². The Morgan fingerprint density at radius 1 is 1.56 bits per heavy atom. The number of rotatable bonds is 3. The Labute approximate surface area is 95.3 Å². The molecule has 16 heavy (non-hydrogen) atoms. The van der Waals surface area contributed by atoms with Gasteiger partial charge in [0.2, 0.25) is 5.88 Å². The van der Waals surface area contributed by atoms with Crippen LogP contribution in [0, 0.1) is 17.2 Å². The van der Waals surface area contributed by atoms with Gasteiger partial charge in [-0.3, -0.25) is 0 Å². The largest absolute Gasteiger partial charge is 0.477 e. The van der Waals surface area contributed by atoms with E-state index in [4.69, 9.17) is 10.00 Å². The number of nitriles is 1. The van der Waals surface area contributed by atoms with Gasteiger partial charge in [-0.1, -0.05) is 0 Å². The molecule has 2 rings (SSSR count). The third kappa shape index (κ3) is 2.94. The van der Waals surface area contributed by atoms with Gasteiger partial charge in [0.15, 0.2) is 0 Å². The van der Waals surface area contributed by atoms with E-state index in [9.17, 15) is 0 Å². The van der Waals surface area contributed by atoms with E-state index in [0.29, 0.717) is 24.0 Å². The SMILES string of the molecule is N#Cc1ccc(OCC2CCCNC2)nc1. The van der Waals surface area contributed by atoms with Crippen molar-refractivity contribution in [2.24, 2.45) is 5.92 Å². The summed E-state index contributed by atoms with van der Waals surface area (Å²) in [5.41, 5.74) is 0.562. The first kappa shape index (κ1) is 10.9. The van der Waals surface area contributed by atoms with Crippen molar-refractivity contribution in [2.45, 2.75) is 12.8 Å². The van der Waals surface area contributed by atoms with Gasteiger partial charge in [-0.15, -0.1) is 0 Å². The highest BCUT2D eigenvalue weighted by Gasteiger charge is 2.13. The molecule has 0 amide bonds. The molecule has 0 aromatic carbocycles. The third-order valence-corrected chi connectivity index (χ3v) is 2.73. The number of aromatic nitrogens is 1. The predicted molar refractivity (Wildman–Crippen MR) is 60.0 cm³/mol. The van der Waals surface area contributed by atoms with Crippen molar-refractivity contribution in [3.63, 3.8) is 0 Å². The lowest BCUT2D eigenvalue weighted by atomic mass is 10.0. The molecule has 0 bridgehead atoms. The van der Waals surface area contributed by atoms with Gasteiger partial charge in [-0.05, 0) is 25.5 Å². The summed E-state index contributed by atoms with van der Waals surface area (Å²) in [5, 5.41) is 12.0. The van der Waals surface area contributed by atoms with Crippen molar-refractivity contribution in [3.05, 3.63) is 23.9 Å². The predicted octanol–water partition coefficient (Wildman–Crippen LogP) is 1.33. The molecule has 1 aliphatic heterocycles. The van der Waals surface area contributed by atoms with Crippen LogP contribution in [0.3, 0.4) is 0 Å². The average Bonchev–Trinajstić information content (AvgIpc) is 2.38. The Balaban J connectivity index is 1.82. The number of piperidine rings is 1. The van der Waals surface area contributed by atoms with Gasteiger partial charge in [0, 0.05) is 24.7 Å². The summed E-state index contributed by atoms with van der Waals surface area (Å²) in [5.74, 6) is 1.18. The summed E-state index contributed by atoms with van der Waals surface area (Å²) in [6.07, 6.45) is 3.96. The molecule has 1 saturated heterocycles. The molecular formula is C12H15N3O. The van der Waals surface area contributed by atoms with Gasteiger partial charge in [0.1, 0.15) is 6.07 Å². The highest BCUT2D eigenvalue weighted by Crippen LogP contribution is 2.13. The lowest BCUT2D eigenvalue weighted by Gasteiger charge is -2.22. The zero-order valence-corrected chi connectivity index (χ0v) is 9.15. The van der Waals surface area contributed by atoms with Crippen LogP contribution in [0.2, 0.25) is 0 Å². The second-order valence-electron chi connectivity index (χ2n) is 4.02. The Morgan fingerprint density at radius 3 is 3.12 bits per heavy atom. The van der Waals surface area contributed by atoms with Crippen molar-refractivity contribution in [2.75, 3.05) is 19.7 Å². The summed E-state index contributed by atoms with van der Waals surface area (Å²) in [4.78, 5) is 4.07. The fourth-order valence-corrected chi connectivity index (χ4v) is 1.80. The summed E-state index contributed by atoms with van der Waals surface area (Å²) in [6, 6.07) is 5.50. The van der Waals surface area contributed by atoms with E-state index in [2.05, 4.69) is 10.3 Å². The van der Waals surface area contributed by atoms with E-state index in [1.807, 2.05) is 6.07 Å². The van der Waals surface area contributed by atoms with E-state index < -0.39 is 0 Å². The molecule has 1 fully saturated rings. The van der Waals surface area contributed by atoms with Crippen LogP contribution >= 0.6 is 0 Å². The van der Waals surface area contributed by atoms with Gasteiger partial charge >= 0.3 is 0 Å². The second-order valence-corrected chi connectivity index (χ2v) is 4.02. The standard InChI is InChI=1S/C12H15N3O/c13-6-10-3-4-12(15-8-10)16-9-11-2-1-5-14-7-11/h3-4,8,11,14H,1-2,5,7,9H2.